The number of amides is 1. The topological polar surface area (TPSA) is 106 Å². The molecule has 0 unspecified atom stereocenters. The summed E-state index contributed by atoms with van der Waals surface area (Å²) in [4.78, 5) is 17.1. The minimum atomic E-state index is -3.57. The lowest BCUT2D eigenvalue weighted by Gasteiger charge is -2.22. The summed E-state index contributed by atoms with van der Waals surface area (Å²) < 4.78 is 29.6. The van der Waals surface area contributed by atoms with E-state index in [1.54, 1.807) is 29.9 Å². The van der Waals surface area contributed by atoms with Gasteiger partial charge in [-0.3, -0.25) is 4.79 Å². The van der Waals surface area contributed by atoms with Crippen LogP contribution in [0.15, 0.2) is 59.8 Å². The zero-order valence-electron chi connectivity index (χ0n) is 17.3. The van der Waals surface area contributed by atoms with E-state index in [9.17, 15) is 13.2 Å². The Kier molecular flexibility index (Phi) is 6.15. The molecule has 1 aliphatic rings. The average Bonchev–Trinajstić information content (AvgIpc) is 3.16. The fourth-order valence-electron chi connectivity index (χ4n) is 3.77. The Morgan fingerprint density at radius 2 is 1.81 bits per heavy atom. The highest BCUT2D eigenvalue weighted by Crippen LogP contribution is 2.21. The van der Waals surface area contributed by atoms with Crippen molar-refractivity contribution in [2.45, 2.75) is 50.0 Å². The van der Waals surface area contributed by atoms with Crippen LogP contribution in [0.2, 0.25) is 0 Å². The molecule has 2 heterocycles. The maximum absolute atomic E-state index is 12.7. The minimum absolute atomic E-state index is 0.00301. The van der Waals surface area contributed by atoms with Gasteiger partial charge < -0.3 is 5.32 Å². The molecule has 4 rings (SSSR count). The quantitative estimate of drug-likeness (QED) is 0.612. The SMILES string of the molecule is Cc1c(C(=O)Nc2ccc(S(=O)(=O)NC3CCCCC3)cc2)cnn1-c1ccccn1. The smallest absolute Gasteiger partial charge is 0.259 e. The highest BCUT2D eigenvalue weighted by Gasteiger charge is 2.22. The maximum Gasteiger partial charge on any atom is 0.259 e. The molecule has 0 radical (unpaired) electrons. The Hall–Kier alpha value is -3.04. The molecule has 3 aromatic rings. The van der Waals surface area contributed by atoms with Gasteiger partial charge in [-0.2, -0.15) is 5.10 Å². The number of carbonyl (C=O) groups is 1. The lowest BCUT2D eigenvalue weighted by atomic mass is 9.96. The van der Waals surface area contributed by atoms with Crippen molar-refractivity contribution in [3.63, 3.8) is 0 Å². The first-order valence-electron chi connectivity index (χ1n) is 10.3. The molecule has 9 heteroatoms. The van der Waals surface area contributed by atoms with Gasteiger partial charge in [-0.05, 0) is 56.2 Å². The van der Waals surface area contributed by atoms with Gasteiger partial charge in [0.05, 0.1) is 22.3 Å². The van der Waals surface area contributed by atoms with E-state index in [0.717, 1.165) is 32.1 Å². The van der Waals surface area contributed by atoms with Crippen LogP contribution in [0.1, 0.15) is 48.2 Å². The van der Waals surface area contributed by atoms with Crippen LogP contribution in [0.3, 0.4) is 0 Å². The molecule has 0 bridgehead atoms. The summed E-state index contributed by atoms with van der Waals surface area (Å²) in [6.07, 6.45) is 8.16. The molecule has 1 aromatic carbocycles. The highest BCUT2D eigenvalue weighted by molar-refractivity contribution is 7.89. The van der Waals surface area contributed by atoms with E-state index >= 15 is 0 Å². The van der Waals surface area contributed by atoms with E-state index in [1.807, 2.05) is 18.2 Å². The Balaban J connectivity index is 1.44. The van der Waals surface area contributed by atoms with Crippen LogP contribution >= 0.6 is 0 Å². The van der Waals surface area contributed by atoms with Gasteiger partial charge in [0.2, 0.25) is 10.0 Å². The second-order valence-electron chi connectivity index (χ2n) is 7.68. The molecule has 0 spiro atoms. The zero-order chi connectivity index (χ0) is 21.8. The van der Waals surface area contributed by atoms with Gasteiger partial charge in [-0.1, -0.05) is 25.3 Å². The summed E-state index contributed by atoms with van der Waals surface area (Å²) in [6.45, 7) is 1.79. The molecule has 31 heavy (non-hydrogen) atoms. The maximum atomic E-state index is 12.7. The Morgan fingerprint density at radius 1 is 1.06 bits per heavy atom. The van der Waals surface area contributed by atoms with E-state index in [1.165, 1.54) is 18.3 Å². The molecule has 1 aliphatic carbocycles. The van der Waals surface area contributed by atoms with Gasteiger partial charge in [-0.15, -0.1) is 0 Å². The fraction of sp³-hybridized carbons (Fsp3) is 0.318. The number of nitrogens with zero attached hydrogens (tertiary/aromatic N) is 3. The van der Waals surface area contributed by atoms with Crippen molar-refractivity contribution in [1.29, 1.82) is 0 Å². The van der Waals surface area contributed by atoms with Gasteiger partial charge in [0.25, 0.3) is 5.91 Å². The highest BCUT2D eigenvalue weighted by atomic mass is 32.2. The minimum Gasteiger partial charge on any atom is -0.322 e. The van der Waals surface area contributed by atoms with Crippen molar-refractivity contribution in [3.8, 4) is 5.82 Å². The lowest BCUT2D eigenvalue weighted by molar-refractivity contribution is 0.102. The predicted molar refractivity (Wildman–Crippen MR) is 118 cm³/mol. The molecule has 1 amide bonds. The van der Waals surface area contributed by atoms with Crippen molar-refractivity contribution in [3.05, 3.63) is 66.1 Å². The lowest BCUT2D eigenvalue weighted by Crippen LogP contribution is -2.36. The molecule has 8 nitrogen and oxygen atoms in total. The van der Waals surface area contributed by atoms with Crippen LogP contribution in [0.5, 0.6) is 0 Å². The summed E-state index contributed by atoms with van der Waals surface area (Å²) in [7, 11) is -3.57. The third-order valence-corrected chi connectivity index (χ3v) is 7.01. The van der Waals surface area contributed by atoms with Crippen molar-refractivity contribution < 1.29 is 13.2 Å². The standard InChI is InChI=1S/C22H25N5O3S/c1-16-20(15-24-27(16)21-9-5-6-14-23-21)22(28)25-17-10-12-19(13-11-17)31(29,30)26-18-7-3-2-4-8-18/h5-6,9-15,18,26H,2-4,7-8H2,1H3,(H,25,28). The van der Waals surface area contributed by atoms with E-state index in [0.29, 0.717) is 22.8 Å². The summed E-state index contributed by atoms with van der Waals surface area (Å²) in [5.74, 6) is 0.301. The largest absolute Gasteiger partial charge is 0.322 e. The first-order chi connectivity index (χ1) is 14.9. The number of benzene rings is 1. The second-order valence-corrected chi connectivity index (χ2v) is 9.39. The van der Waals surface area contributed by atoms with Crippen LogP contribution < -0.4 is 10.0 Å². The molecule has 0 atom stereocenters. The van der Waals surface area contributed by atoms with Crippen LogP contribution in [-0.2, 0) is 10.0 Å². The second kappa shape index (κ2) is 8.99. The number of carbonyl (C=O) groups excluding carboxylic acids is 1. The monoisotopic (exact) mass is 439 g/mol. The van der Waals surface area contributed by atoms with Gasteiger partial charge in [-0.25, -0.2) is 22.8 Å². The number of nitrogens with one attached hydrogen (secondary N) is 2. The Morgan fingerprint density at radius 3 is 2.48 bits per heavy atom. The summed E-state index contributed by atoms with van der Waals surface area (Å²) in [5.41, 5.74) is 1.58. The average molecular weight is 440 g/mol. The molecule has 1 fully saturated rings. The zero-order valence-corrected chi connectivity index (χ0v) is 18.1. The van der Waals surface area contributed by atoms with Crippen molar-refractivity contribution in [1.82, 2.24) is 19.5 Å². The molecule has 162 valence electrons. The molecule has 0 aliphatic heterocycles. The van der Waals surface area contributed by atoms with Crippen LogP contribution in [0.25, 0.3) is 5.82 Å². The number of sulfonamides is 1. The van der Waals surface area contributed by atoms with Gasteiger partial charge in [0.15, 0.2) is 5.82 Å². The molecule has 2 aromatic heterocycles. The summed E-state index contributed by atoms with van der Waals surface area (Å²) in [6, 6.07) is 11.7. The molecule has 0 saturated heterocycles. The number of pyridine rings is 1. The van der Waals surface area contributed by atoms with Crippen LogP contribution in [-0.4, -0.2) is 35.1 Å². The number of hydrogen-bond acceptors (Lipinski definition) is 5. The van der Waals surface area contributed by atoms with Crippen LogP contribution in [0.4, 0.5) is 5.69 Å². The number of anilines is 1. The third kappa shape index (κ3) is 4.83. The van der Waals surface area contributed by atoms with E-state index in [-0.39, 0.29) is 16.8 Å². The first kappa shape index (κ1) is 21.2. The molecule has 2 N–H and O–H groups in total. The number of rotatable bonds is 6. The number of aromatic nitrogens is 3. The number of hydrogen-bond donors (Lipinski definition) is 2. The Bertz CT molecular complexity index is 1150. The van der Waals surface area contributed by atoms with Gasteiger partial charge in [0.1, 0.15) is 0 Å². The van der Waals surface area contributed by atoms with E-state index < -0.39 is 10.0 Å². The first-order valence-corrected chi connectivity index (χ1v) is 11.8. The van der Waals surface area contributed by atoms with E-state index in [2.05, 4.69) is 20.1 Å². The molecular formula is C22H25N5O3S. The Labute approximate surface area is 181 Å². The van der Waals surface area contributed by atoms with Crippen molar-refractivity contribution in [2.24, 2.45) is 0 Å². The van der Waals surface area contributed by atoms with Crippen LogP contribution in [0, 0.1) is 6.92 Å². The van der Waals surface area contributed by atoms with Gasteiger partial charge in [0, 0.05) is 17.9 Å². The summed E-state index contributed by atoms with van der Waals surface area (Å²) >= 11 is 0. The normalized spacial score (nSPS) is 15.0. The van der Waals surface area contributed by atoms with E-state index in [4.69, 9.17) is 0 Å². The van der Waals surface area contributed by atoms with Crippen molar-refractivity contribution in [2.75, 3.05) is 5.32 Å². The summed E-state index contributed by atoms with van der Waals surface area (Å²) in [5, 5.41) is 7.05. The third-order valence-electron chi connectivity index (χ3n) is 5.47. The van der Waals surface area contributed by atoms with Crippen molar-refractivity contribution >= 4 is 21.6 Å². The molecular weight excluding hydrogens is 414 g/mol. The fourth-order valence-corrected chi connectivity index (χ4v) is 5.07. The van der Waals surface area contributed by atoms with Gasteiger partial charge >= 0.3 is 0 Å². The predicted octanol–water partition coefficient (Wildman–Crippen LogP) is 3.44. The molecule has 1 saturated carbocycles.